The first kappa shape index (κ1) is 20.2. The molecule has 1 atom stereocenters. The van der Waals surface area contributed by atoms with E-state index in [9.17, 15) is 14.9 Å². The summed E-state index contributed by atoms with van der Waals surface area (Å²) < 4.78 is 5.25. The monoisotopic (exact) mass is 390 g/mol. The Bertz CT molecular complexity index is 997. The molecule has 1 aliphatic rings. The van der Waals surface area contributed by atoms with E-state index in [0.29, 0.717) is 12.0 Å². The van der Waals surface area contributed by atoms with Gasteiger partial charge in [0, 0.05) is 32.3 Å². The molecule has 0 bridgehead atoms. The molecule has 3 rings (SSSR count). The summed E-state index contributed by atoms with van der Waals surface area (Å²) in [5, 5.41) is 9.28. The van der Waals surface area contributed by atoms with Crippen LogP contribution in [0.1, 0.15) is 23.7 Å². The molecular formula is C22H22N4O3. The molecule has 1 fully saturated rings. The zero-order chi connectivity index (χ0) is 21.0. The second-order valence-electron chi connectivity index (χ2n) is 7.03. The van der Waals surface area contributed by atoms with E-state index in [0.717, 1.165) is 5.56 Å². The van der Waals surface area contributed by atoms with Crippen molar-refractivity contribution < 1.29 is 14.3 Å². The lowest BCUT2D eigenvalue weighted by molar-refractivity contribution is -0.163. The second kappa shape index (κ2) is 8.25. The number of likely N-dealkylation sites (N-methyl/N-ethyl adjacent to an activating group) is 1. The molecule has 2 amide bonds. The summed E-state index contributed by atoms with van der Waals surface area (Å²) in [6.07, 6.45) is 3.39. The number of piperazine rings is 1. The molecular weight excluding hydrogens is 368 g/mol. The number of carbonyl (C=O) groups is 2. The fourth-order valence-corrected chi connectivity index (χ4v) is 3.52. The minimum Gasteiger partial charge on any atom is -0.364 e. The summed E-state index contributed by atoms with van der Waals surface area (Å²) in [6, 6.07) is 14.9. The van der Waals surface area contributed by atoms with Gasteiger partial charge in [0.25, 0.3) is 11.8 Å². The van der Waals surface area contributed by atoms with Gasteiger partial charge >= 0.3 is 0 Å². The van der Waals surface area contributed by atoms with Gasteiger partial charge < -0.3 is 9.64 Å². The summed E-state index contributed by atoms with van der Waals surface area (Å²) in [5.74, 6) is -0.577. The third-order valence-corrected chi connectivity index (χ3v) is 5.07. The number of carbonyl (C=O) groups excluding carboxylic acids is 2. The van der Waals surface area contributed by atoms with Crippen molar-refractivity contribution in [2.45, 2.75) is 18.9 Å². The van der Waals surface area contributed by atoms with E-state index in [1.165, 1.54) is 29.2 Å². The normalized spacial score (nSPS) is 20.8. The number of hydrogen-bond donors (Lipinski definition) is 0. The largest absolute Gasteiger partial charge is 0.364 e. The minimum absolute atomic E-state index is 0.0305. The van der Waals surface area contributed by atoms with Crippen LogP contribution in [0.25, 0.3) is 6.08 Å². The highest BCUT2D eigenvalue weighted by Crippen LogP contribution is 2.32. The predicted molar refractivity (Wildman–Crippen MR) is 107 cm³/mol. The maximum Gasteiger partial charge on any atom is 0.273 e. The molecule has 1 aliphatic heterocycles. The Balaban J connectivity index is 2.05. The molecule has 1 saturated heterocycles. The Morgan fingerprint density at radius 3 is 2.59 bits per heavy atom. The Morgan fingerprint density at radius 1 is 1.21 bits per heavy atom. The fourth-order valence-electron chi connectivity index (χ4n) is 3.52. The lowest BCUT2D eigenvalue weighted by Gasteiger charge is -2.47. The third-order valence-electron chi connectivity index (χ3n) is 5.07. The van der Waals surface area contributed by atoms with Crippen molar-refractivity contribution in [1.82, 2.24) is 14.8 Å². The Labute approximate surface area is 169 Å². The number of amides is 2. The Hall–Kier alpha value is -3.50. The van der Waals surface area contributed by atoms with Crippen LogP contribution in [0.15, 0.2) is 54.4 Å². The molecule has 0 radical (unpaired) electrons. The van der Waals surface area contributed by atoms with Gasteiger partial charge in [0.1, 0.15) is 29.7 Å². The van der Waals surface area contributed by atoms with Crippen LogP contribution in [-0.2, 0) is 20.7 Å². The van der Waals surface area contributed by atoms with E-state index in [-0.39, 0.29) is 29.9 Å². The number of rotatable bonds is 5. The smallest absolute Gasteiger partial charge is 0.273 e. The number of benzene rings is 1. The number of nitriles is 1. The average molecular weight is 390 g/mol. The highest BCUT2D eigenvalue weighted by Gasteiger charge is 2.50. The van der Waals surface area contributed by atoms with Crippen LogP contribution in [0.4, 0.5) is 0 Å². The highest BCUT2D eigenvalue weighted by molar-refractivity contribution is 6.09. The number of aromatic nitrogens is 1. The molecule has 1 aromatic carbocycles. The number of ether oxygens (including phenoxy) is 1. The van der Waals surface area contributed by atoms with Crippen molar-refractivity contribution in [2.24, 2.45) is 0 Å². The average Bonchev–Trinajstić information content (AvgIpc) is 2.74. The molecule has 2 heterocycles. The first-order valence-corrected chi connectivity index (χ1v) is 9.12. The highest BCUT2D eigenvalue weighted by atomic mass is 16.5. The van der Waals surface area contributed by atoms with Gasteiger partial charge in [-0.3, -0.25) is 14.5 Å². The minimum atomic E-state index is -1.10. The van der Waals surface area contributed by atoms with Crippen LogP contribution < -0.4 is 0 Å². The summed E-state index contributed by atoms with van der Waals surface area (Å²) in [4.78, 5) is 33.6. The second-order valence-corrected chi connectivity index (χ2v) is 7.03. The molecule has 29 heavy (non-hydrogen) atoms. The van der Waals surface area contributed by atoms with Crippen LogP contribution in [0.2, 0.25) is 0 Å². The van der Waals surface area contributed by atoms with E-state index >= 15 is 0 Å². The number of hydrogen-bond acceptors (Lipinski definition) is 5. The zero-order valence-corrected chi connectivity index (χ0v) is 16.6. The molecule has 7 nitrogen and oxygen atoms in total. The fraction of sp³-hybridized carbons (Fsp3) is 0.273. The summed E-state index contributed by atoms with van der Waals surface area (Å²) in [7, 11) is 3.05. The van der Waals surface area contributed by atoms with Crippen LogP contribution >= 0.6 is 0 Å². The predicted octanol–water partition coefficient (Wildman–Crippen LogP) is 2.20. The summed E-state index contributed by atoms with van der Waals surface area (Å²) >= 11 is 0. The van der Waals surface area contributed by atoms with Gasteiger partial charge in [-0.1, -0.05) is 36.4 Å². The quantitative estimate of drug-likeness (QED) is 0.731. The molecule has 0 N–H and O–H groups in total. The first-order valence-electron chi connectivity index (χ1n) is 9.12. The van der Waals surface area contributed by atoms with E-state index in [4.69, 9.17) is 4.74 Å². The van der Waals surface area contributed by atoms with Crippen molar-refractivity contribution in [3.63, 3.8) is 0 Å². The lowest BCUT2D eigenvalue weighted by Crippen LogP contribution is -2.66. The molecule has 1 aromatic heterocycles. The molecule has 7 heteroatoms. The number of pyridine rings is 1. The number of methoxy groups -OCH3 is 1. The van der Waals surface area contributed by atoms with Crippen molar-refractivity contribution in [3.8, 4) is 6.07 Å². The van der Waals surface area contributed by atoms with Crippen LogP contribution in [0, 0.1) is 11.3 Å². The molecule has 2 aromatic rings. The van der Waals surface area contributed by atoms with Gasteiger partial charge in [0.05, 0.1) is 0 Å². The zero-order valence-electron chi connectivity index (χ0n) is 16.6. The van der Waals surface area contributed by atoms with Crippen LogP contribution in [0.5, 0.6) is 0 Å². The lowest BCUT2D eigenvalue weighted by atomic mass is 9.86. The molecule has 0 aliphatic carbocycles. The van der Waals surface area contributed by atoms with E-state index < -0.39 is 5.54 Å². The maximum atomic E-state index is 13.4. The SMILES string of the molecule is COCN1C(=O)C(=Cc2cccnc2C#N)N(C)C(=O)C1(C)Cc1ccccc1. The van der Waals surface area contributed by atoms with Gasteiger partial charge in [-0.2, -0.15) is 5.26 Å². The van der Waals surface area contributed by atoms with Crippen molar-refractivity contribution in [3.05, 3.63) is 71.2 Å². The van der Waals surface area contributed by atoms with Crippen LogP contribution in [-0.4, -0.2) is 53.0 Å². The summed E-state index contributed by atoms with van der Waals surface area (Å²) in [5.41, 5.74) is 0.666. The van der Waals surface area contributed by atoms with Gasteiger partial charge in [0.15, 0.2) is 0 Å². The van der Waals surface area contributed by atoms with Gasteiger partial charge in [-0.15, -0.1) is 0 Å². The van der Waals surface area contributed by atoms with Crippen molar-refractivity contribution >= 4 is 17.9 Å². The molecule has 1 unspecified atom stereocenters. The topological polar surface area (TPSA) is 86.5 Å². The molecule has 148 valence electrons. The standard InChI is InChI=1S/C22H22N4O3/c1-22(13-16-8-5-4-6-9-16)21(28)25(2)19(20(27)26(22)15-29-3)12-17-10-7-11-24-18(17)14-23/h4-12H,13,15H2,1-3H3. The van der Waals surface area contributed by atoms with Gasteiger partial charge in [-0.05, 0) is 24.6 Å². The van der Waals surface area contributed by atoms with Gasteiger partial charge in [-0.25, -0.2) is 4.98 Å². The Kier molecular flexibility index (Phi) is 5.76. The van der Waals surface area contributed by atoms with E-state index in [2.05, 4.69) is 4.98 Å². The maximum absolute atomic E-state index is 13.4. The first-order chi connectivity index (χ1) is 13.9. The van der Waals surface area contributed by atoms with Gasteiger partial charge in [0.2, 0.25) is 0 Å². The van der Waals surface area contributed by atoms with Crippen molar-refractivity contribution in [2.75, 3.05) is 20.9 Å². The molecule has 0 spiro atoms. The summed E-state index contributed by atoms with van der Waals surface area (Å²) in [6.45, 7) is 1.72. The van der Waals surface area contributed by atoms with Crippen molar-refractivity contribution in [1.29, 1.82) is 5.26 Å². The Morgan fingerprint density at radius 2 is 1.93 bits per heavy atom. The van der Waals surface area contributed by atoms with Crippen LogP contribution in [0.3, 0.4) is 0 Å². The van der Waals surface area contributed by atoms with E-state index in [1.807, 2.05) is 36.4 Å². The molecule has 0 saturated carbocycles. The van der Waals surface area contributed by atoms with E-state index in [1.54, 1.807) is 26.1 Å². The number of nitrogens with zero attached hydrogens (tertiary/aromatic N) is 4. The third kappa shape index (κ3) is 3.75.